The Morgan fingerprint density at radius 3 is 2.67 bits per heavy atom. The van der Waals surface area contributed by atoms with E-state index in [0.29, 0.717) is 6.54 Å². The zero-order chi connectivity index (χ0) is 11.3. The van der Waals surface area contributed by atoms with Gasteiger partial charge in [-0.3, -0.25) is 4.79 Å². The van der Waals surface area contributed by atoms with E-state index in [1.165, 1.54) is 5.56 Å². The van der Waals surface area contributed by atoms with Gasteiger partial charge in [0.05, 0.1) is 6.61 Å². The van der Waals surface area contributed by atoms with E-state index in [2.05, 4.69) is 0 Å². The number of carbonyl (C=O) groups is 1. The second-order valence-electron chi connectivity index (χ2n) is 3.65. The Balaban J connectivity index is 2.62. The summed E-state index contributed by atoms with van der Waals surface area (Å²) in [5, 5.41) is 8.66. The number of amides is 1. The molecule has 3 heteroatoms. The first-order valence-corrected chi connectivity index (χ1v) is 5.04. The highest BCUT2D eigenvalue weighted by Gasteiger charge is 2.08. The third-order valence-electron chi connectivity index (χ3n) is 2.42. The largest absolute Gasteiger partial charge is 0.396 e. The Morgan fingerprint density at radius 1 is 1.40 bits per heavy atom. The predicted molar refractivity (Wildman–Crippen MR) is 59.4 cm³/mol. The van der Waals surface area contributed by atoms with Crippen molar-refractivity contribution in [2.45, 2.75) is 19.9 Å². The highest BCUT2D eigenvalue weighted by atomic mass is 16.3. The summed E-state index contributed by atoms with van der Waals surface area (Å²) in [5.41, 5.74) is 2.33. The fourth-order valence-corrected chi connectivity index (χ4v) is 1.42. The summed E-state index contributed by atoms with van der Waals surface area (Å²) in [5.74, 6) is -0.0271. The first-order valence-electron chi connectivity index (χ1n) is 5.04. The van der Waals surface area contributed by atoms with Gasteiger partial charge < -0.3 is 10.0 Å². The van der Waals surface area contributed by atoms with Crippen molar-refractivity contribution in [2.75, 3.05) is 13.7 Å². The number of hydrogen-bond donors (Lipinski definition) is 1. The maximum Gasteiger partial charge on any atom is 0.224 e. The molecule has 0 aromatic heterocycles. The van der Waals surface area contributed by atoms with Gasteiger partial charge in [-0.2, -0.15) is 0 Å². The second-order valence-corrected chi connectivity index (χ2v) is 3.65. The standard InChI is InChI=1S/C12H17NO2/c1-10-5-3-4-6-11(10)9-13(2)12(15)7-8-14/h3-6,14H,7-9H2,1-2H3. The number of carbonyl (C=O) groups excluding carboxylic acids is 1. The molecule has 15 heavy (non-hydrogen) atoms. The van der Waals surface area contributed by atoms with Crippen LogP contribution >= 0.6 is 0 Å². The second kappa shape index (κ2) is 5.51. The molecule has 1 aromatic carbocycles. The minimum atomic E-state index is -0.0864. The molecule has 0 aliphatic heterocycles. The van der Waals surface area contributed by atoms with Crippen LogP contribution in [0.1, 0.15) is 17.5 Å². The van der Waals surface area contributed by atoms with Crippen LogP contribution < -0.4 is 0 Å². The van der Waals surface area contributed by atoms with E-state index in [-0.39, 0.29) is 18.9 Å². The fraction of sp³-hybridized carbons (Fsp3) is 0.417. The van der Waals surface area contributed by atoms with E-state index in [4.69, 9.17) is 5.11 Å². The minimum Gasteiger partial charge on any atom is -0.396 e. The molecule has 1 rings (SSSR count). The van der Waals surface area contributed by atoms with Crippen LogP contribution in [0.2, 0.25) is 0 Å². The molecule has 0 unspecified atom stereocenters. The molecule has 82 valence electrons. The smallest absolute Gasteiger partial charge is 0.224 e. The third-order valence-corrected chi connectivity index (χ3v) is 2.42. The first kappa shape index (κ1) is 11.7. The summed E-state index contributed by atoms with van der Waals surface area (Å²) in [6.45, 7) is 2.54. The molecular weight excluding hydrogens is 190 g/mol. The number of hydrogen-bond acceptors (Lipinski definition) is 2. The van der Waals surface area contributed by atoms with E-state index >= 15 is 0 Å². The Bertz CT molecular complexity index is 336. The minimum absolute atomic E-state index is 0.0271. The molecule has 0 fully saturated rings. The van der Waals surface area contributed by atoms with Crippen LogP contribution in [0, 0.1) is 6.92 Å². The number of rotatable bonds is 4. The average molecular weight is 207 g/mol. The van der Waals surface area contributed by atoms with Crippen LogP contribution in [0.25, 0.3) is 0 Å². The molecule has 1 aromatic rings. The summed E-state index contributed by atoms with van der Waals surface area (Å²) in [6, 6.07) is 7.98. The van der Waals surface area contributed by atoms with Gasteiger partial charge in [0.25, 0.3) is 0 Å². The van der Waals surface area contributed by atoms with Gasteiger partial charge in [0.2, 0.25) is 5.91 Å². The summed E-state index contributed by atoms with van der Waals surface area (Å²) < 4.78 is 0. The van der Waals surface area contributed by atoms with E-state index in [0.717, 1.165) is 5.56 Å². The summed E-state index contributed by atoms with van der Waals surface area (Å²) in [6.07, 6.45) is 0.197. The molecule has 1 N–H and O–H groups in total. The van der Waals surface area contributed by atoms with Crippen molar-refractivity contribution in [2.24, 2.45) is 0 Å². The van der Waals surface area contributed by atoms with Gasteiger partial charge in [-0.05, 0) is 18.1 Å². The summed E-state index contributed by atoms with van der Waals surface area (Å²) in [4.78, 5) is 13.1. The molecule has 0 aliphatic rings. The highest BCUT2D eigenvalue weighted by Crippen LogP contribution is 2.09. The number of nitrogens with zero attached hydrogens (tertiary/aromatic N) is 1. The normalized spacial score (nSPS) is 10.1. The Morgan fingerprint density at radius 2 is 2.07 bits per heavy atom. The lowest BCUT2D eigenvalue weighted by atomic mass is 10.1. The van der Waals surface area contributed by atoms with Gasteiger partial charge in [0, 0.05) is 20.0 Å². The van der Waals surface area contributed by atoms with Gasteiger partial charge in [-0.1, -0.05) is 24.3 Å². The van der Waals surface area contributed by atoms with E-state index in [1.54, 1.807) is 11.9 Å². The van der Waals surface area contributed by atoms with Crippen LogP contribution in [0.3, 0.4) is 0 Å². The van der Waals surface area contributed by atoms with Gasteiger partial charge in [0.15, 0.2) is 0 Å². The van der Waals surface area contributed by atoms with Gasteiger partial charge in [-0.15, -0.1) is 0 Å². The fourth-order valence-electron chi connectivity index (χ4n) is 1.42. The van der Waals surface area contributed by atoms with Gasteiger partial charge >= 0.3 is 0 Å². The van der Waals surface area contributed by atoms with Crippen LogP contribution in [0.5, 0.6) is 0 Å². The maximum atomic E-state index is 11.4. The molecule has 0 saturated carbocycles. The number of aryl methyl sites for hydroxylation is 1. The maximum absolute atomic E-state index is 11.4. The molecule has 0 atom stereocenters. The lowest BCUT2D eigenvalue weighted by Crippen LogP contribution is -2.26. The molecule has 0 saturated heterocycles. The third kappa shape index (κ3) is 3.36. The van der Waals surface area contributed by atoms with Crippen molar-refractivity contribution in [3.63, 3.8) is 0 Å². The molecule has 0 radical (unpaired) electrons. The van der Waals surface area contributed by atoms with Crippen molar-refractivity contribution in [3.05, 3.63) is 35.4 Å². The van der Waals surface area contributed by atoms with Gasteiger partial charge in [0.1, 0.15) is 0 Å². The Hall–Kier alpha value is -1.35. The van der Waals surface area contributed by atoms with Gasteiger partial charge in [-0.25, -0.2) is 0 Å². The molecular formula is C12H17NO2. The quantitative estimate of drug-likeness (QED) is 0.809. The molecule has 3 nitrogen and oxygen atoms in total. The van der Waals surface area contributed by atoms with E-state index < -0.39 is 0 Å². The monoisotopic (exact) mass is 207 g/mol. The first-order chi connectivity index (χ1) is 7.15. The number of aliphatic hydroxyl groups is 1. The van der Waals surface area contributed by atoms with Crippen molar-refractivity contribution < 1.29 is 9.90 Å². The molecule has 0 heterocycles. The lowest BCUT2D eigenvalue weighted by molar-refractivity contribution is -0.131. The van der Waals surface area contributed by atoms with E-state index in [1.807, 2.05) is 31.2 Å². The van der Waals surface area contributed by atoms with Crippen molar-refractivity contribution in [1.29, 1.82) is 0 Å². The van der Waals surface area contributed by atoms with Crippen LogP contribution in [0.15, 0.2) is 24.3 Å². The zero-order valence-corrected chi connectivity index (χ0v) is 9.23. The number of aliphatic hydroxyl groups excluding tert-OH is 1. The molecule has 1 amide bonds. The Kier molecular flexibility index (Phi) is 4.31. The number of benzene rings is 1. The van der Waals surface area contributed by atoms with Crippen molar-refractivity contribution in [3.8, 4) is 0 Å². The van der Waals surface area contributed by atoms with Crippen LogP contribution in [0.4, 0.5) is 0 Å². The average Bonchev–Trinajstić information content (AvgIpc) is 2.21. The van der Waals surface area contributed by atoms with Crippen molar-refractivity contribution in [1.82, 2.24) is 4.90 Å². The van der Waals surface area contributed by atoms with Crippen LogP contribution in [-0.2, 0) is 11.3 Å². The lowest BCUT2D eigenvalue weighted by Gasteiger charge is -2.17. The topological polar surface area (TPSA) is 40.5 Å². The SMILES string of the molecule is Cc1ccccc1CN(C)C(=O)CCO. The Labute approximate surface area is 90.3 Å². The van der Waals surface area contributed by atoms with E-state index in [9.17, 15) is 4.79 Å². The van der Waals surface area contributed by atoms with Crippen LogP contribution in [-0.4, -0.2) is 29.6 Å². The summed E-state index contributed by atoms with van der Waals surface area (Å²) in [7, 11) is 1.75. The molecule has 0 aliphatic carbocycles. The predicted octanol–water partition coefficient (Wildman–Crippen LogP) is 1.34. The zero-order valence-electron chi connectivity index (χ0n) is 9.23. The summed E-state index contributed by atoms with van der Waals surface area (Å²) >= 11 is 0. The highest BCUT2D eigenvalue weighted by molar-refractivity contribution is 5.75. The molecule has 0 bridgehead atoms. The van der Waals surface area contributed by atoms with Crippen molar-refractivity contribution >= 4 is 5.91 Å². The molecule has 0 spiro atoms.